The quantitative estimate of drug-likeness (QED) is 0.636. The molecule has 1 aromatic heterocycles. The van der Waals surface area contributed by atoms with Crippen LogP contribution in [-0.2, 0) is 10.0 Å². The fourth-order valence-electron chi connectivity index (χ4n) is 1.03. The van der Waals surface area contributed by atoms with Gasteiger partial charge >= 0.3 is 0 Å². The Labute approximate surface area is 88.8 Å². The normalized spacial score (nSPS) is 14.0. The Hall–Kier alpha value is -0.920. The predicted octanol–water partition coefficient (Wildman–Crippen LogP) is -0.151. The van der Waals surface area contributed by atoms with Crippen molar-refractivity contribution in [3.8, 4) is 0 Å². The molecule has 15 heavy (non-hydrogen) atoms. The van der Waals surface area contributed by atoms with Crippen molar-refractivity contribution in [1.29, 1.82) is 0 Å². The van der Waals surface area contributed by atoms with Crippen LogP contribution in [-0.4, -0.2) is 36.4 Å². The van der Waals surface area contributed by atoms with Crippen molar-refractivity contribution in [1.82, 2.24) is 14.9 Å². The van der Waals surface area contributed by atoms with E-state index < -0.39 is 16.1 Å². The summed E-state index contributed by atoms with van der Waals surface area (Å²) in [5.74, 6) is 0. The molecular formula is C8H15N3O3S. The zero-order chi connectivity index (χ0) is 11.3. The highest BCUT2D eigenvalue weighted by atomic mass is 32.2. The lowest BCUT2D eigenvalue weighted by molar-refractivity contribution is 0.162. The molecule has 0 aliphatic rings. The van der Waals surface area contributed by atoms with Gasteiger partial charge in [-0.05, 0) is 18.9 Å². The van der Waals surface area contributed by atoms with Gasteiger partial charge in [-0.25, -0.2) is 13.1 Å². The van der Waals surface area contributed by atoms with Gasteiger partial charge in [0.1, 0.15) is 0 Å². The fourth-order valence-corrected chi connectivity index (χ4v) is 1.99. The highest BCUT2D eigenvalue weighted by molar-refractivity contribution is 7.89. The van der Waals surface area contributed by atoms with Crippen LogP contribution in [0.2, 0.25) is 0 Å². The van der Waals surface area contributed by atoms with E-state index in [2.05, 4.69) is 14.9 Å². The molecular weight excluding hydrogens is 218 g/mol. The van der Waals surface area contributed by atoms with E-state index in [0.29, 0.717) is 12.8 Å². The Morgan fingerprint density at radius 2 is 2.40 bits per heavy atom. The van der Waals surface area contributed by atoms with Crippen molar-refractivity contribution < 1.29 is 13.5 Å². The Morgan fingerprint density at radius 1 is 1.67 bits per heavy atom. The Bertz CT molecular complexity index is 374. The summed E-state index contributed by atoms with van der Waals surface area (Å²) in [6.45, 7) is 2.06. The van der Waals surface area contributed by atoms with Gasteiger partial charge < -0.3 is 5.11 Å². The molecule has 0 saturated carbocycles. The molecule has 1 heterocycles. The van der Waals surface area contributed by atoms with Crippen LogP contribution in [0.5, 0.6) is 0 Å². The zero-order valence-corrected chi connectivity index (χ0v) is 9.29. The maximum atomic E-state index is 11.5. The second-order valence-electron chi connectivity index (χ2n) is 3.17. The van der Waals surface area contributed by atoms with Gasteiger partial charge in [-0.2, -0.15) is 5.10 Å². The molecule has 0 spiro atoms. The van der Waals surface area contributed by atoms with Gasteiger partial charge in [0, 0.05) is 6.54 Å². The topological polar surface area (TPSA) is 95.1 Å². The molecule has 0 amide bonds. The van der Waals surface area contributed by atoms with E-state index in [9.17, 15) is 13.5 Å². The lowest BCUT2D eigenvalue weighted by Crippen LogP contribution is -2.27. The van der Waals surface area contributed by atoms with Crippen molar-refractivity contribution in [2.24, 2.45) is 0 Å². The predicted molar refractivity (Wildman–Crippen MR) is 54.7 cm³/mol. The van der Waals surface area contributed by atoms with Gasteiger partial charge in [-0.15, -0.1) is 0 Å². The molecule has 0 bridgehead atoms. The minimum Gasteiger partial charge on any atom is -0.393 e. The minimum atomic E-state index is -3.50. The summed E-state index contributed by atoms with van der Waals surface area (Å²) in [6.07, 6.45) is 1.93. The standard InChI is InChI=1S/C8H15N3O3S/c1-2-7(12)3-6-10-15(13,14)8-4-5-9-11-8/h4-5,7,10,12H,2-3,6H2,1H3,(H,9,11). The van der Waals surface area contributed by atoms with Crippen LogP contribution in [0.1, 0.15) is 19.8 Å². The molecule has 6 nitrogen and oxygen atoms in total. The van der Waals surface area contributed by atoms with Crippen LogP contribution in [0, 0.1) is 0 Å². The number of hydrogen-bond donors (Lipinski definition) is 3. The van der Waals surface area contributed by atoms with E-state index in [0.717, 1.165) is 0 Å². The Morgan fingerprint density at radius 3 is 2.93 bits per heavy atom. The average Bonchev–Trinajstić information content (AvgIpc) is 2.70. The third-order valence-corrected chi connectivity index (χ3v) is 3.40. The maximum absolute atomic E-state index is 11.5. The molecule has 0 saturated heterocycles. The number of rotatable bonds is 6. The number of nitrogens with zero attached hydrogens (tertiary/aromatic N) is 1. The largest absolute Gasteiger partial charge is 0.393 e. The van der Waals surface area contributed by atoms with Gasteiger partial charge in [0.05, 0.1) is 12.3 Å². The summed E-state index contributed by atoms with van der Waals surface area (Å²) in [5.41, 5.74) is 0. The van der Waals surface area contributed by atoms with Crippen LogP contribution in [0.25, 0.3) is 0 Å². The summed E-state index contributed by atoms with van der Waals surface area (Å²) < 4.78 is 25.4. The van der Waals surface area contributed by atoms with E-state index in [4.69, 9.17) is 0 Å². The van der Waals surface area contributed by atoms with Gasteiger partial charge in [-0.1, -0.05) is 6.92 Å². The molecule has 0 aromatic carbocycles. The first-order valence-corrected chi connectivity index (χ1v) is 6.21. The molecule has 86 valence electrons. The molecule has 1 atom stereocenters. The lowest BCUT2D eigenvalue weighted by atomic mass is 10.2. The number of aliphatic hydroxyl groups is 1. The van der Waals surface area contributed by atoms with Crippen LogP contribution >= 0.6 is 0 Å². The van der Waals surface area contributed by atoms with Crippen molar-refractivity contribution in [2.45, 2.75) is 30.9 Å². The zero-order valence-electron chi connectivity index (χ0n) is 8.47. The number of hydrogen-bond acceptors (Lipinski definition) is 4. The number of sulfonamides is 1. The molecule has 3 N–H and O–H groups in total. The SMILES string of the molecule is CCC(O)CCNS(=O)(=O)c1ccn[nH]1. The van der Waals surface area contributed by atoms with Gasteiger partial charge in [0.25, 0.3) is 10.0 Å². The van der Waals surface area contributed by atoms with E-state index >= 15 is 0 Å². The monoisotopic (exact) mass is 233 g/mol. The molecule has 0 aliphatic carbocycles. The maximum Gasteiger partial charge on any atom is 0.257 e. The summed E-state index contributed by atoms with van der Waals surface area (Å²) in [4.78, 5) is 0. The molecule has 1 unspecified atom stereocenters. The Kier molecular flexibility index (Phi) is 4.25. The molecule has 1 aromatic rings. The highest BCUT2D eigenvalue weighted by Gasteiger charge is 2.14. The van der Waals surface area contributed by atoms with Crippen molar-refractivity contribution in [3.05, 3.63) is 12.3 Å². The van der Waals surface area contributed by atoms with Crippen molar-refractivity contribution in [2.75, 3.05) is 6.54 Å². The first kappa shape index (κ1) is 12.2. The molecule has 1 rings (SSSR count). The second kappa shape index (κ2) is 5.24. The number of aliphatic hydroxyl groups excluding tert-OH is 1. The number of aromatic amines is 1. The third-order valence-electron chi connectivity index (χ3n) is 2.01. The van der Waals surface area contributed by atoms with Gasteiger partial charge in [0.2, 0.25) is 0 Å². The van der Waals surface area contributed by atoms with E-state index in [1.807, 2.05) is 6.92 Å². The van der Waals surface area contributed by atoms with Crippen molar-refractivity contribution >= 4 is 10.0 Å². The molecule has 0 radical (unpaired) electrons. The van der Waals surface area contributed by atoms with Crippen LogP contribution in [0.15, 0.2) is 17.3 Å². The van der Waals surface area contributed by atoms with E-state index in [-0.39, 0.29) is 11.6 Å². The minimum absolute atomic E-state index is 0.0356. The Balaban J connectivity index is 2.45. The van der Waals surface area contributed by atoms with Gasteiger partial charge in [-0.3, -0.25) is 5.10 Å². The third kappa shape index (κ3) is 3.61. The van der Waals surface area contributed by atoms with E-state index in [1.54, 1.807) is 0 Å². The number of aromatic nitrogens is 2. The highest BCUT2D eigenvalue weighted by Crippen LogP contribution is 2.03. The molecule has 0 aliphatic heterocycles. The fraction of sp³-hybridized carbons (Fsp3) is 0.625. The number of nitrogens with one attached hydrogen (secondary N) is 2. The van der Waals surface area contributed by atoms with Crippen LogP contribution in [0.3, 0.4) is 0 Å². The summed E-state index contributed by atoms with van der Waals surface area (Å²) in [6, 6.07) is 1.37. The van der Waals surface area contributed by atoms with Crippen LogP contribution < -0.4 is 4.72 Å². The summed E-state index contributed by atoms with van der Waals surface area (Å²) in [5, 5.41) is 15.2. The first-order valence-electron chi connectivity index (χ1n) is 4.73. The van der Waals surface area contributed by atoms with E-state index in [1.165, 1.54) is 12.3 Å². The average molecular weight is 233 g/mol. The second-order valence-corrected chi connectivity index (χ2v) is 4.90. The molecule has 0 fully saturated rings. The van der Waals surface area contributed by atoms with Crippen LogP contribution in [0.4, 0.5) is 0 Å². The summed E-state index contributed by atoms with van der Waals surface area (Å²) in [7, 11) is -3.50. The number of H-pyrrole nitrogens is 1. The van der Waals surface area contributed by atoms with Crippen molar-refractivity contribution in [3.63, 3.8) is 0 Å². The molecule has 7 heteroatoms. The first-order chi connectivity index (χ1) is 7.06. The van der Waals surface area contributed by atoms with Gasteiger partial charge in [0.15, 0.2) is 5.03 Å². The smallest absolute Gasteiger partial charge is 0.257 e. The summed E-state index contributed by atoms with van der Waals surface area (Å²) >= 11 is 0. The lowest BCUT2D eigenvalue weighted by Gasteiger charge is -2.08.